The van der Waals surface area contributed by atoms with E-state index >= 15 is 4.57 Å². The van der Waals surface area contributed by atoms with E-state index in [0.29, 0.717) is 63.7 Å². The van der Waals surface area contributed by atoms with E-state index in [4.69, 9.17) is 18.7 Å². The van der Waals surface area contributed by atoms with E-state index in [2.05, 4.69) is 0 Å². The van der Waals surface area contributed by atoms with Crippen molar-refractivity contribution in [1.82, 2.24) is 19.6 Å². The zero-order valence-electron chi connectivity index (χ0n) is 31.4. The maximum absolute atomic E-state index is 15.3. The summed E-state index contributed by atoms with van der Waals surface area (Å²) < 4.78 is 38.1. The Hall–Kier alpha value is -3.45. The second kappa shape index (κ2) is 21.9. The SMILES string of the molecule is CCOP(=O)(CN1CCN(CC=O)CCN(CC=O)CCN(CC(=O)OC(C)(C)C)CC1)C(CC(=O)OCc1ccccc1)c1ccc(OC)cc1. The van der Waals surface area contributed by atoms with Gasteiger partial charge in [0, 0.05) is 52.4 Å². The maximum Gasteiger partial charge on any atom is 0.320 e. The first-order valence-electron chi connectivity index (χ1n) is 17.9. The molecule has 2 atom stereocenters. The number of nitrogens with zero attached hydrogens (tertiary/aromatic N) is 4. The van der Waals surface area contributed by atoms with Gasteiger partial charge in [0.1, 0.15) is 30.5 Å². The summed E-state index contributed by atoms with van der Waals surface area (Å²) in [6, 6.07) is 16.5. The number of esters is 2. The molecule has 2 aromatic carbocycles. The van der Waals surface area contributed by atoms with Gasteiger partial charge in [0.2, 0.25) is 7.37 Å². The lowest BCUT2D eigenvalue weighted by molar-refractivity contribution is -0.156. The quantitative estimate of drug-likeness (QED) is 0.131. The summed E-state index contributed by atoms with van der Waals surface area (Å²) in [6.45, 7) is 11.8. The summed E-state index contributed by atoms with van der Waals surface area (Å²) in [7, 11) is -2.10. The molecule has 0 radical (unpaired) electrons. The molecule has 288 valence electrons. The Balaban J connectivity index is 1.94. The molecule has 2 unspecified atom stereocenters. The van der Waals surface area contributed by atoms with Gasteiger partial charge in [-0.2, -0.15) is 0 Å². The normalized spacial score (nSPS) is 17.9. The molecule has 14 heteroatoms. The number of aldehydes is 2. The molecule has 0 aliphatic carbocycles. The minimum absolute atomic E-state index is 0.0238. The fourth-order valence-electron chi connectivity index (χ4n) is 6.00. The van der Waals surface area contributed by atoms with Crippen LogP contribution in [0.5, 0.6) is 5.75 Å². The maximum atomic E-state index is 15.3. The van der Waals surface area contributed by atoms with Crippen molar-refractivity contribution in [1.29, 1.82) is 0 Å². The number of hydrogen-bond donors (Lipinski definition) is 0. The first-order chi connectivity index (χ1) is 24.9. The molecule has 1 heterocycles. The number of ether oxygens (including phenoxy) is 3. The van der Waals surface area contributed by atoms with Crippen LogP contribution in [-0.4, -0.2) is 142 Å². The van der Waals surface area contributed by atoms with Crippen molar-refractivity contribution in [3.05, 3.63) is 65.7 Å². The van der Waals surface area contributed by atoms with Crippen LogP contribution in [0.15, 0.2) is 54.6 Å². The van der Waals surface area contributed by atoms with Crippen molar-refractivity contribution < 1.29 is 42.5 Å². The summed E-state index contributed by atoms with van der Waals surface area (Å²) in [6.07, 6.45) is 1.57. The number of carbonyl (C=O) groups is 4. The summed E-state index contributed by atoms with van der Waals surface area (Å²) in [5, 5.41) is 0. The predicted octanol–water partition coefficient (Wildman–Crippen LogP) is 4.10. The van der Waals surface area contributed by atoms with Gasteiger partial charge >= 0.3 is 11.9 Å². The summed E-state index contributed by atoms with van der Waals surface area (Å²) in [5.74, 6) is -0.242. The van der Waals surface area contributed by atoms with E-state index < -0.39 is 24.6 Å². The third kappa shape index (κ3) is 15.3. The third-order valence-electron chi connectivity index (χ3n) is 8.69. The highest BCUT2D eigenvalue weighted by Gasteiger charge is 2.39. The minimum Gasteiger partial charge on any atom is -0.497 e. The van der Waals surface area contributed by atoms with Crippen LogP contribution >= 0.6 is 7.37 Å². The van der Waals surface area contributed by atoms with Crippen LogP contribution < -0.4 is 4.74 Å². The van der Waals surface area contributed by atoms with Crippen molar-refractivity contribution >= 4 is 31.9 Å². The van der Waals surface area contributed by atoms with Crippen LogP contribution in [0.2, 0.25) is 0 Å². The van der Waals surface area contributed by atoms with Gasteiger partial charge in [-0.25, -0.2) is 0 Å². The molecule has 0 amide bonds. The van der Waals surface area contributed by atoms with E-state index in [0.717, 1.165) is 18.1 Å². The van der Waals surface area contributed by atoms with Crippen molar-refractivity contribution in [3.63, 3.8) is 0 Å². The molecule has 1 saturated heterocycles. The van der Waals surface area contributed by atoms with Crippen molar-refractivity contribution in [3.8, 4) is 5.75 Å². The number of benzene rings is 2. The van der Waals surface area contributed by atoms with Gasteiger partial charge in [0.15, 0.2) is 0 Å². The zero-order chi connectivity index (χ0) is 38.0. The Bertz CT molecular complexity index is 1440. The number of rotatable bonds is 17. The zero-order valence-corrected chi connectivity index (χ0v) is 32.3. The molecule has 2 aromatic rings. The smallest absolute Gasteiger partial charge is 0.320 e. The lowest BCUT2D eigenvalue weighted by Crippen LogP contribution is -2.48. The Morgan fingerprint density at radius 2 is 1.33 bits per heavy atom. The molecule has 0 aromatic heterocycles. The number of carbonyl (C=O) groups excluding carboxylic acids is 4. The molecule has 13 nitrogen and oxygen atoms in total. The van der Waals surface area contributed by atoms with E-state index in [1.807, 2.05) is 70.7 Å². The first-order valence-corrected chi connectivity index (χ1v) is 19.8. The van der Waals surface area contributed by atoms with Gasteiger partial charge in [0.05, 0.1) is 51.7 Å². The van der Waals surface area contributed by atoms with Crippen molar-refractivity contribution in [2.75, 3.05) is 92.0 Å². The molecule has 0 spiro atoms. The van der Waals surface area contributed by atoms with Gasteiger partial charge in [-0.3, -0.25) is 33.8 Å². The highest BCUT2D eigenvalue weighted by Crippen LogP contribution is 2.62. The van der Waals surface area contributed by atoms with Crippen LogP contribution in [0.1, 0.15) is 50.9 Å². The monoisotopic (exact) mass is 744 g/mol. The highest BCUT2D eigenvalue weighted by molar-refractivity contribution is 7.59. The predicted molar refractivity (Wildman–Crippen MR) is 200 cm³/mol. The van der Waals surface area contributed by atoms with Gasteiger partial charge in [-0.05, 0) is 51.0 Å². The Morgan fingerprint density at radius 3 is 1.83 bits per heavy atom. The van der Waals surface area contributed by atoms with E-state index in [1.54, 1.807) is 38.3 Å². The standard InChI is InChI=1S/C38H57N4O9P/c1-6-50-52(47,35(33-12-14-34(48-5)15-13-33)28-36(45)49-30-32-10-8-7-9-11-32)31-42-22-19-40(25-27-44)17-16-39(24-26-43)18-20-41(21-23-42)29-37(46)51-38(2,3)4/h7-15,26-27,35H,6,16-25,28-31H2,1-5H3. The van der Waals surface area contributed by atoms with Crippen LogP contribution in [0.3, 0.4) is 0 Å². The van der Waals surface area contributed by atoms with Crippen molar-refractivity contribution in [2.24, 2.45) is 0 Å². The fourth-order valence-corrected chi connectivity index (χ4v) is 8.79. The largest absolute Gasteiger partial charge is 0.497 e. The van der Waals surface area contributed by atoms with Crippen molar-refractivity contribution in [2.45, 2.75) is 52.0 Å². The second-order valence-electron chi connectivity index (χ2n) is 13.8. The molecule has 3 rings (SSSR count). The minimum atomic E-state index is -3.66. The lowest BCUT2D eigenvalue weighted by atomic mass is 10.1. The Kier molecular flexibility index (Phi) is 18.1. The highest BCUT2D eigenvalue weighted by atomic mass is 31.2. The van der Waals surface area contributed by atoms with Crippen LogP contribution in [0, 0.1) is 0 Å². The summed E-state index contributed by atoms with van der Waals surface area (Å²) in [4.78, 5) is 57.5. The van der Waals surface area contributed by atoms with Gasteiger partial charge in [-0.15, -0.1) is 0 Å². The Morgan fingerprint density at radius 1 is 0.788 bits per heavy atom. The third-order valence-corrected chi connectivity index (χ3v) is 11.6. The summed E-state index contributed by atoms with van der Waals surface area (Å²) >= 11 is 0. The van der Waals surface area contributed by atoms with Crippen LogP contribution in [0.25, 0.3) is 0 Å². The second-order valence-corrected chi connectivity index (χ2v) is 16.5. The number of methoxy groups -OCH3 is 1. The van der Waals surface area contributed by atoms with Crippen LogP contribution in [-0.2, 0) is 44.3 Å². The Labute approximate surface area is 308 Å². The number of hydrogen-bond acceptors (Lipinski definition) is 13. The average Bonchev–Trinajstić information content (AvgIpc) is 3.10. The molecule has 1 fully saturated rings. The molecular weight excluding hydrogens is 687 g/mol. The molecule has 0 saturated carbocycles. The van der Waals surface area contributed by atoms with E-state index in [9.17, 15) is 19.2 Å². The van der Waals surface area contributed by atoms with Gasteiger partial charge in [-0.1, -0.05) is 42.5 Å². The lowest BCUT2D eigenvalue weighted by Gasteiger charge is -2.36. The molecule has 1 aliphatic heterocycles. The first kappa shape index (κ1) is 43.0. The van der Waals surface area contributed by atoms with E-state index in [1.165, 1.54) is 0 Å². The summed E-state index contributed by atoms with van der Waals surface area (Å²) in [5.41, 5.74) is 0.0375. The van der Waals surface area contributed by atoms with Gasteiger partial charge < -0.3 is 28.3 Å². The van der Waals surface area contributed by atoms with E-state index in [-0.39, 0.29) is 51.5 Å². The molecule has 52 heavy (non-hydrogen) atoms. The molecular formula is C38H57N4O9P. The van der Waals surface area contributed by atoms with Crippen LogP contribution in [0.4, 0.5) is 0 Å². The topological polar surface area (TPSA) is 135 Å². The molecule has 1 aliphatic rings. The molecule has 0 N–H and O–H groups in total. The fraction of sp³-hybridized carbons (Fsp3) is 0.579. The molecule has 0 bridgehead atoms. The average molecular weight is 745 g/mol. The van der Waals surface area contributed by atoms with Gasteiger partial charge in [0.25, 0.3) is 0 Å².